The zero-order valence-corrected chi connectivity index (χ0v) is 12.3. The van der Waals surface area contributed by atoms with Crippen molar-refractivity contribution in [2.24, 2.45) is 0 Å². The standard InChI is InChI=1S/C17H15NO2S/c18-12-11-16(14-7-3-1-4-8-14)20-17(19)13-21-15-9-5-2-6-10-15/h1-10,16H,11,13H2/t16-/m1/s1. The molecule has 0 aromatic heterocycles. The van der Waals surface area contributed by atoms with Gasteiger partial charge in [-0.25, -0.2) is 0 Å². The van der Waals surface area contributed by atoms with E-state index in [0.29, 0.717) is 0 Å². The summed E-state index contributed by atoms with van der Waals surface area (Å²) in [7, 11) is 0. The minimum atomic E-state index is -0.500. The van der Waals surface area contributed by atoms with Crippen LogP contribution >= 0.6 is 11.8 Å². The number of rotatable bonds is 6. The Kier molecular flexibility index (Phi) is 5.86. The van der Waals surface area contributed by atoms with Crippen LogP contribution in [-0.2, 0) is 9.53 Å². The number of nitrogens with zero attached hydrogens (tertiary/aromatic N) is 1. The van der Waals surface area contributed by atoms with Gasteiger partial charge in [-0.3, -0.25) is 4.79 Å². The molecule has 0 N–H and O–H groups in total. The molecular weight excluding hydrogens is 282 g/mol. The molecule has 1 atom stereocenters. The maximum absolute atomic E-state index is 11.9. The van der Waals surface area contributed by atoms with Crippen LogP contribution in [0.5, 0.6) is 0 Å². The minimum Gasteiger partial charge on any atom is -0.456 e. The quantitative estimate of drug-likeness (QED) is 0.598. The summed E-state index contributed by atoms with van der Waals surface area (Å²) >= 11 is 1.43. The zero-order chi connectivity index (χ0) is 14.9. The maximum atomic E-state index is 11.9. The molecule has 4 heteroatoms. The van der Waals surface area contributed by atoms with E-state index in [-0.39, 0.29) is 18.1 Å². The lowest BCUT2D eigenvalue weighted by Gasteiger charge is -2.15. The third kappa shape index (κ3) is 4.97. The molecule has 0 bridgehead atoms. The highest BCUT2D eigenvalue weighted by atomic mass is 32.2. The molecule has 0 spiro atoms. The van der Waals surface area contributed by atoms with Gasteiger partial charge in [0, 0.05) is 4.90 Å². The number of carbonyl (C=O) groups is 1. The van der Waals surface area contributed by atoms with Gasteiger partial charge in [0.25, 0.3) is 0 Å². The molecule has 2 aromatic rings. The second kappa shape index (κ2) is 8.13. The van der Waals surface area contributed by atoms with Crippen molar-refractivity contribution in [3.8, 4) is 6.07 Å². The number of ether oxygens (including phenoxy) is 1. The predicted molar refractivity (Wildman–Crippen MR) is 82.7 cm³/mol. The summed E-state index contributed by atoms with van der Waals surface area (Å²) in [4.78, 5) is 12.9. The van der Waals surface area contributed by atoms with Crippen LogP contribution < -0.4 is 0 Å². The summed E-state index contributed by atoms with van der Waals surface area (Å²) < 4.78 is 5.42. The fourth-order valence-electron chi connectivity index (χ4n) is 1.83. The molecule has 0 aliphatic heterocycles. The van der Waals surface area contributed by atoms with Crippen LogP contribution in [-0.4, -0.2) is 11.7 Å². The molecular formula is C17H15NO2S. The van der Waals surface area contributed by atoms with Crippen LogP contribution in [0.15, 0.2) is 65.6 Å². The minimum absolute atomic E-state index is 0.158. The van der Waals surface area contributed by atoms with Crippen molar-refractivity contribution in [3.63, 3.8) is 0 Å². The Bertz CT molecular complexity index is 608. The number of esters is 1. The lowest BCUT2D eigenvalue weighted by molar-refractivity contribution is -0.145. The van der Waals surface area contributed by atoms with Gasteiger partial charge in [-0.15, -0.1) is 11.8 Å². The highest BCUT2D eigenvalue weighted by Crippen LogP contribution is 2.23. The van der Waals surface area contributed by atoms with E-state index < -0.39 is 6.10 Å². The molecule has 0 heterocycles. The number of benzene rings is 2. The third-order valence-electron chi connectivity index (χ3n) is 2.82. The lowest BCUT2D eigenvalue weighted by atomic mass is 10.1. The number of hydrogen-bond acceptors (Lipinski definition) is 4. The number of thioether (sulfide) groups is 1. The van der Waals surface area contributed by atoms with Crippen LogP contribution in [0, 0.1) is 11.3 Å². The first-order valence-electron chi connectivity index (χ1n) is 6.59. The Morgan fingerprint density at radius 2 is 1.71 bits per heavy atom. The van der Waals surface area contributed by atoms with E-state index >= 15 is 0 Å². The molecule has 106 valence electrons. The van der Waals surface area contributed by atoms with Crippen molar-refractivity contribution in [1.29, 1.82) is 5.26 Å². The van der Waals surface area contributed by atoms with Gasteiger partial charge in [0.05, 0.1) is 18.2 Å². The monoisotopic (exact) mass is 297 g/mol. The molecule has 2 rings (SSSR count). The molecule has 0 radical (unpaired) electrons. The molecule has 2 aromatic carbocycles. The van der Waals surface area contributed by atoms with Gasteiger partial charge in [0.15, 0.2) is 0 Å². The van der Waals surface area contributed by atoms with Gasteiger partial charge in [-0.2, -0.15) is 5.26 Å². The van der Waals surface area contributed by atoms with Crippen molar-refractivity contribution < 1.29 is 9.53 Å². The Morgan fingerprint density at radius 1 is 1.10 bits per heavy atom. The Labute approximate surface area is 128 Å². The van der Waals surface area contributed by atoms with Crippen molar-refractivity contribution >= 4 is 17.7 Å². The SMILES string of the molecule is N#CC[C@@H](OC(=O)CSc1ccccc1)c1ccccc1. The van der Waals surface area contributed by atoms with Crippen LogP contribution in [0.1, 0.15) is 18.1 Å². The molecule has 0 aliphatic rings. The van der Waals surface area contributed by atoms with Crippen LogP contribution in [0.3, 0.4) is 0 Å². The Balaban J connectivity index is 1.91. The Hall–Kier alpha value is -2.25. The molecule has 0 fully saturated rings. The summed E-state index contributed by atoms with van der Waals surface area (Å²) in [5.41, 5.74) is 0.845. The van der Waals surface area contributed by atoms with Gasteiger partial charge < -0.3 is 4.74 Å². The van der Waals surface area contributed by atoms with Crippen molar-refractivity contribution in [3.05, 3.63) is 66.2 Å². The highest BCUT2D eigenvalue weighted by Gasteiger charge is 2.16. The molecule has 0 amide bonds. The predicted octanol–water partition coefficient (Wildman–Crippen LogP) is 3.98. The maximum Gasteiger partial charge on any atom is 0.316 e. The van der Waals surface area contributed by atoms with E-state index in [1.165, 1.54) is 11.8 Å². The van der Waals surface area contributed by atoms with E-state index in [2.05, 4.69) is 6.07 Å². The molecule has 0 aliphatic carbocycles. The first kappa shape index (κ1) is 15.1. The second-order valence-corrected chi connectivity index (χ2v) is 5.40. The van der Waals surface area contributed by atoms with Crippen LogP contribution in [0.25, 0.3) is 0 Å². The smallest absolute Gasteiger partial charge is 0.316 e. The molecule has 0 saturated carbocycles. The largest absolute Gasteiger partial charge is 0.456 e. The van der Waals surface area contributed by atoms with Gasteiger partial charge in [-0.1, -0.05) is 48.5 Å². The summed E-state index contributed by atoms with van der Waals surface area (Å²) in [6.07, 6.45) is -0.341. The summed E-state index contributed by atoms with van der Waals surface area (Å²) in [5, 5.41) is 8.87. The van der Waals surface area contributed by atoms with Gasteiger partial charge in [0.2, 0.25) is 0 Å². The van der Waals surface area contributed by atoms with E-state index in [4.69, 9.17) is 10.00 Å². The summed E-state index contributed by atoms with van der Waals surface area (Å²) in [5.74, 6) is -0.0772. The zero-order valence-electron chi connectivity index (χ0n) is 11.4. The lowest BCUT2D eigenvalue weighted by Crippen LogP contribution is -2.13. The normalized spacial score (nSPS) is 11.4. The van der Waals surface area contributed by atoms with E-state index in [1.54, 1.807) is 0 Å². The molecule has 0 saturated heterocycles. The second-order valence-electron chi connectivity index (χ2n) is 4.35. The summed E-state index contributed by atoms with van der Waals surface area (Å²) in [6.45, 7) is 0. The topological polar surface area (TPSA) is 50.1 Å². The van der Waals surface area contributed by atoms with Crippen molar-refractivity contribution in [2.75, 3.05) is 5.75 Å². The highest BCUT2D eigenvalue weighted by molar-refractivity contribution is 8.00. The van der Waals surface area contributed by atoms with E-state index in [1.807, 2.05) is 60.7 Å². The molecule has 0 unspecified atom stereocenters. The van der Waals surface area contributed by atoms with E-state index in [0.717, 1.165) is 10.5 Å². The number of hydrogen-bond donors (Lipinski definition) is 0. The molecule has 3 nitrogen and oxygen atoms in total. The molecule has 21 heavy (non-hydrogen) atoms. The summed E-state index contributed by atoms with van der Waals surface area (Å²) in [6, 6.07) is 21.1. The fraction of sp³-hybridized carbons (Fsp3) is 0.176. The van der Waals surface area contributed by atoms with Crippen LogP contribution in [0.2, 0.25) is 0 Å². The first-order valence-corrected chi connectivity index (χ1v) is 7.57. The fourth-order valence-corrected chi connectivity index (χ4v) is 2.53. The van der Waals surface area contributed by atoms with Crippen molar-refractivity contribution in [1.82, 2.24) is 0 Å². The third-order valence-corrected chi connectivity index (χ3v) is 3.81. The van der Waals surface area contributed by atoms with Gasteiger partial charge in [0.1, 0.15) is 6.10 Å². The number of carbonyl (C=O) groups excluding carboxylic acids is 1. The van der Waals surface area contributed by atoms with Crippen LogP contribution in [0.4, 0.5) is 0 Å². The van der Waals surface area contributed by atoms with Gasteiger partial charge >= 0.3 is 5.97 Å². The first-order chi connectivity index (χ1) is 10.3. The van der Waals surface area contributed by atoms with Gasteiger partial charge in [-0.05, 0) is 17.7 Å². The van der Waals surface area contributed by atoms with Crippen molar-refractivity contribution in [2.45, 2.75) is 17.4 Å². The van der Waals surface area contributed by atoms with E-state index in [9.17, 15) is 4.79 Å². The number of nitriles is 1. The average molecular weight is 297 g/mol. The average Bonchev–Trinajstić information content (AvgIpc) is 2.54. The Morgan fingerprint density at radius 3 is 2.33 bits per heavy atom.